The van der Waals surface area contributed by atoms with Crippen LogP contribution in [0.1, 0.15) is 52.5 Å². The van der Waals surface area contributed by atoms with E-state index in [2.05, 4.69) is 10.6 Å². The summed E-state index contributed by atoms with van der Waals surface area (Å²) in [6.45, 7) is 6.67. The normalized spacial score (nSPS) is 24.7. The van der Waals surface area contributed by atoms with Crippen molar-refractivity contribution in [3.8, 4) is 5.75 Å². The van der Waals surface area contributed by atoms with E-state index < -0.39 is 60.4 Å². The molecule has 0 spiro atoms. The number of nitrogens with one attached hydrogen (secondary N) is 2. The average Bonchev–Trinajstić information content (AvgIpc) is 3.28. The molecule has 46 heavy (non-hydrogen) atoms. The first kappa shape index (κ1) is 36.3. The lowest BCUT2D eigenvalue weighted by Crippen LogP contribution is -2.61. The molecule has 2 aliphatic rings. The van der Waals surface area contributed by atoms with Crippen LogP contribution in [0.5, 0.6) is 5.75 Å². The third kappa shape index (κ3) is 9.22. The van der Waals surface area contributed by atoms with Crippen LogP contribution in [0.15, 0.2) is 18.2 Å². The SMILES string of the molecule is CC(C)C(=O)OCc1ccc(O[C@@H]2OC(C(=O)O)[C@@H](O)C(O)[C@@H]2O)c(NC(=O)CCNC(=O)CCN2C(=O)CC(C(C)C)C2=O)c1. The molecule has 3 unspecified atom stereocenters. The van der Waals surface area contributed by atoms with Crippen LogP contribution in [0.3, 0.4) is 0 Å². The molecule has 4 amide bonds. The number of carbonyl (C=O) groups excluding carboxylic acids is 5. The molecule has 2 fully saturated rings. The van der Waals surface area contributed by atoms with Gasteiger partial charge in [0.15, 0.2) is 6.10 Å². The zero-order valence-corrected chi connectivity index (χ0v) is 26.0. The Bertz CT molecular complexity index is 1320. The molecule has 16 heteroatoms. The third-order valence-corrected chi connectivity index (χ3v) is 7.55. The van der Waals surface area contributed by atoms with Crippen molar-refractivity contribution in [1.29, 1.82) is 0 Å². The lowest BCUT2D eigenvalue weighted by Gasteiger charge is -2.38. The van der Waals surface area contributed by atoms with E-state index in [0.717, 1.165) is 4.90 Å². The number of aliphatic carboxylic acids is 1. The molecule has 0 bridgehead atoms. The van der Waals surface area contributed by atoms with E-state index in [9.17, 15) is 49.2 Å². The van der Waals surface area contributed by atoms with Crippen LogP contribution in [-0.4, -0.2) is 105 Å². The minimum absolute atomic E-state index is 0.00290. The maximum Gasteiger partial charge on any atom is 0.335 e. The summed E-state index contributed by atoms with van der Waals surface area (Å²) < 4.78 is 16.0. The standard InChI is InChI=1S/C30H41N3O13/c1-14(2)17-12-22(36)33(27(17)40)10-8-20(34)31-9-7-21(35)32-18-11-16(13-44-29(43)15(3)4)5-6-19(18)45-30-25(39)23(37)24(38)26(46-30)28(41)42/h5-6,11,14-15,17,23-26,30,37-39H,7-10,12-13H2,1-4H3,(H,31,34)(H,32,35)(H,41,42)/t17?,23?,24-,25-,26?,30+/m0/s1. The first-order chi connectivity index (χ1) is 21.6. The Balaban J connectivity index is 1.63. The Morgan fingerprint density at radius 1 is 1.00 bits per heavy atom. The molecular weight excluding hydrogens is 610 g/mol. The van der Waals surface area contributed by atoms with Gasteiger partial charge in [0, 0.05) is 38.3 Å². The molecule has 1 aromatic carbocycles. The number of likely N-dealkylation sites (tertiary alicyclic amines) is 1. The fourth-order valence-corrected chi connectivity index (χ4v) is 4.76. The van der Waals surface area contributed by atoms with E-state index in [4.69, 9.17) is 14.2 Å². The molecular formula is C30H41N3O13. The number of aliphatic hydroxyl groups is 3. The van der Waals surface area contributed by atoms with E-state index >= 15 is 0 Å². The van der Waals surface area contributed by atoms with Crippen molar-refractivity contribution in [2.24, 2.45) is 17.8 Å². The highest BCUT2D eigenvalue weighted by Gasteiger charge is 2.48. The summed E-state index contributed by atoms with van der Waals surface area (Å²) in [4.78, 5) is 74.3. The van der Waals surface area contributed by atoms with Gasteiger partial charge in [0.25, 0.3) is 0 Å². The van der Waals surface area contributed by atoms with Crippen molar-refractivity contribution in [2.75, 3.05) is 18.4 Å². The summed E-state index contributed by atoms with van der Waals surface area (Å²) >= 11 is 0. The number of aliphatic hydroxyl groups excluding tert-OH is 3. The summed E-state index contributed by atoms with van der Waals surface area (Å²) in [6, 6.07) is 4.22. The number of carbonyl (C=O) groups is 6. The Kier molecular flexibility index (Phi) is 12.6. The molecule has 6 atom stereocenters. The van der Waals surface area contributed by atoms with Crippen molar-refractivity contribution in [1.82, 2.24) is 10.2 Å². The van der Waals surface area contributed by atoms with Gasteiger partial charge < -0.3 is 45.3 Å². The molecule has 2 heterocycles. The lowest BCUT2D eigenvalue weighted by atomic mass is 9.94. The van der Waals surface area contributed by atoms with Crippen molar-refractivity contribution >= 4 is 41.3 Å². The molecule has 0 aromatic heterocycles. The molecule has 1 aromatic rings. The number of esters is 1. The number of rotatable bonds is 14. The van der Waals surface area contributed by atoms with Gasteiger partial charge >= 0.3 is 11.9 Å². The number of ether oxygens (including phenoxy) is 3. The van der Waals surface area contributed by atoms with Gasteiger partial charge in [-0.2, -0.15) is 0 Å². The zero-order chi connectivity index (χ0) is 34.3. The van der Waals surface area contributed by atoms with E-state index in [0.29, 0.717) is 5.56 Å². The number of benzene rings is 1. The maximum absolute atomic E-state index is 12.8. The van der Waals surface area contributed by atoms with Crippen LogP contribution in [0.25, 0.3) is 0 Å². The number of carboxylic acids is 1. The molecule has 254 valence electrons. The fraction of sp³-hybridized carbons (Fsp3) is 0.600. The number of imide groups is 1. The third-order valence-electron chi connectivity index (χ3n) is 7.55. The first-order valence-electron chi connectivity index (χ1n) is 14.9. The van der Waals surface area contributed by atoms with E-state index in [-0.39, 0.29) is 74.0 Å². The molecule has 0 aliphatic carbocycles. The number of amides is 4. The van der Waals surface area contributed by atoms with Gasteiger partial charge in [-0.3, -0.25) is 28.9 Å². The molecule has 0 radical (unpaired) electrons. The molecule has 3 rings (SSSR count). The van der Waals surface area contributed by atoms with Crippen LogP contribution >= 0.6 is 0 Å². The van der Waals surface area contributed by atoms with Crippen LogP contribution in [0.2, 0.25) is 0 Å². The Morgan fingerprint density at radius 2 is 1.70 bits per heavy atom. The number of nitrogens with zero attached hydrogens (tertiary/aromatic N) is 1. The van der Waals surface area contributed by atoms with Gasteiger partial charge in [0.05, 0.1) is 11.6 Å². The summed E-state index contributed by atoms with van der Waals surface area (Å²) in [5.41, 5.74) is 0.433. The van der Waals surface area contributed by atoms with Crippen molar-refractivity contribution in [3.05, 3.63) is 23.8 Å². The van der Waals surface area contributed by atoms with Gasteiger partial charge in [0.1, 0.15) is 30.7 Å². The number of hydrogen-bond donors (Lipinski definition) is 6. The van der Waals surface area contributed by atoms with E-state index in [1.807, 2.05) is 13.8 Å². The predicted molar refractivity (Wildman–Crippen MR) is 157 cm³/mol. The van der Waals surface area contributed by atoms with Crippen LogP contribution < -0.4 is 15.4 Å². The Hall–Kier alpha value is -4.12. The van der Waals surface area contributed by atoms with Gasteiger partial charge in [-0.15, -0.1) is 0 Å². The second-order valence-corrected chi connectivity index (χ2v) is 11.8. The average molecular weight is 652 g/mol. The summed E-state index contributed by atoms with van der Waals surface area (Å²) in [5.74, 6) is -4.70. The highest BCUT2D eigenvalue weighted by molar-refractivity contribution is 6.04. The monoisotopic (exact) mass is 651 g/mol. The second-order valence-electron chi connectivity index (χ2n) is 11.8. The number of anilines is 1. The topological polar surface area (TPSA) is 238 Å². The second kappa shape index (κ2) is 15.9. The molecule has 16 nitrogen and oxygen atoms in total. The molecule has 2 saturated heterocycles. The van der Waals surface area contributed by atoms with Gasteiger partial charge in [0.2, 0.25) is 29.9 Å². The van der Waals surface area contributed by atoms with Crippen LogP contribution in [0, 0.1) is 17.8 Å². The number of hydrogen-bond acceptors (Lipinski definition) is 12. The van der Waals surface area contributed by atoms with Crippen LogP contribution in [-0.2, 0) is 44.8 Å². The summed E-state index contributed by atoms with van der Waals surface area (Å²) in [6.07, 6.45) is -9.65. The Morgan fingerprint density at radius 3 is 2.30 bits per heavy atom. The van der Waals surface area contributed by atoms with Gasteiger partial charge in [-0.1, -0.05) is 33.8 Å². The largest absolute Gasteiger partial charge is 0.479 e. The smallest absolute Gasteiger partial charge is 0.335 e. The van der Waals surface area contributed by atoms with E-state index in [1.54, 1.807) is 13.8 Å². The minimum Gasteiger partial charge on any atom is -0.479 e. The fourth-order valence-electron chi connectivity index (χ4n) is 4.76. The predicted octanol–water partition coefficient (Wildman–Crippen LogP) is -0.477. The highest BCUT2D eigenvalue weighted by Crippen LogP contribution is 2.31. The highest BCUT2D eigenvalue weighted by atomic mass is 16.7. The van der Waals surface area contributed by atoms with Crippen molar-refractivity contribution in [3.63, 3.8) is 0 Å². The first-order valence-corrected chi connectivity index (χ1v) is 14.9. The molecule has 0 saturated carbocycles. The summed E-state index contributed by atoms with van der Waals surface area (Å²) in [7, 11) is 0. The molecule has 6 N–H and O–H groups in total. The van der Waals surface area contributed by atoms with Gasteiger partial charge in [-0.25, -0.2) is 4.79 Å². The lowest BCUT2D eigenvalue weighted by molar-refractivity contribution is -0.271. The Labute approximate surface area is 265 Å². The zero-order valence-electron chi connectivity index (χ0n) is 26.0. The van der Waals surface area contributed by atoms with Crippen molar-refractivity contribution < 1.29 is 63.4 Å². The summed E-state index contributed by atoms with van der Waals surface area (Å²) in [5, 5.41) is 44.9. The van der Waals surface area contributed by atoms with Gasteiger partial charge in [-0.05, 0) is 23.6 Å². The quantitative estimate of drug-likeness (QED) is 0.110. The van der Waals surface area contributed by atoms with Crippen molar-refractivity contribution in [2.45, 2.75) is 84.3 Å². The van der Waals surface area contributed by atoms with Crippen LogP contribution in [0.4, 0.5) is 5.69 Å². The number of carboxylic acid groups (broad SMARTS) is 1. The maximum atomic E-state index is 12.8. The molecule has 2 aliphatic heterocycles. The minimum atomic E-state index is -1.94. The van der Waals surface area contributed by atoms with E-state index in [1.165, 1.54) is 18.2 Å².